The monoisotopic (exact) mass is 423 g/mol. The number of aromatic nitrogens is 2. The molecule has 12 nitrogen and oxygen atoms in total. The highest BCUT2D eigenvalue weighted by Crippen LogP contribution is 2.32. The molecule has 0 atom stereocenters. The summed E-state index contributed by atoms with van der Waals surface area (Å²) < 4.78 is 0. The van der Waals surface area contributed by atoms with Crippen molar-refractivity contribution in [2.45, 2.75) is 13.3 Å². The van der Waals surface area contributed by atoms with Gasteiger partial charge < -0.3 is 5.32 Å². The number of carbonyl (C=O) groups is 1. The first-order valence-electron chi connectivity index (χ1n) is 9.06. The van der Waals surface area contributed by atoms with Gasteiger partial charge in [0.1, 0.15) is 11.9 Å². The molecule has 1 aromatic heterocycles. The molecular weight excluding hydrogens is 406 g/mol. The molecule has 0 aliphatic heterocycles. The highest BCUT2D eigenvalue weighted by molar-refractivity contribution is 5.98. The molecule has 0 spiro atoms. The van der Waals surface area contributed by atoms with Gasteiger partial charge in [0.05, 0.1) is 9.85 Å². The zero-order valence-corrected chi connectivity index (χ0v) is 16.2. The average molecular weight is 423 g/mol. The molecule has 1 amide bonds. The Kier molecular flexibility index (Phi) is 6.30. The van der Waals surface area contributed by atoms with Gasteiger partial charge in [-0.1, -0.05) is 37.3 Å². The molecule has 31 heavy (non-hydrogen) atoms. The van der Waals surface area contributed by atoms with Crippen LogP contribution in [0.2, 0.25) is 0 Å². The van der Waals surface area contributed by atoms with Crippen LogP contribution in [0.25, 0.3) is 0 Å². The number of rotatable bonds is 8. The van der Waals surface area contributed by atoms with Crippen LogP contribution in [0.1, 0.15) is 22.8 Å². The second-order valence-electron chi connectivity index (χ2n) is 6.17. The Labute approximate surface area is 175 Å². The van der Waals surface area contributed by atoms with Gasteiger partial charge in [0.2, 0.25) is 11.6 Å². The van der Waals surface area contributed by atoms with E-state index < -0.39 is 27.1 Å². The van der Waals surface area contributed by atoms with Gasteiger partial charge >= 0.3 is 5.69 Å². The van der Waals surface area contributed by atoms with Crippen molar-refractivity contribution in [1.82, 2.24) is 15.4 Å². The molecule has 0 aliphatic rings. The van der Waals surface area contributed by atoms with Crippen molar-refractivity contribution in [3.63, 3.8) is 0 Å². The summed E-state index contributed by atoms with van der Waals surface area (Å²) in [5.74, 6) is -1.22. The summed E-state index contributed by atoms with van der Waals surface area (Å²) in [6.07, 6.45) is 1.78. The summed E-state index contributed by atoms with van der Waals surface area (Å²) in [4.78, 5) is 41.5. The number of nitro groups is 2. The average Bonchev–Trinajstić information content (AvgIpc) is 2.77. The van der Waals surface area contributed by atoms with E-state index in [0.717, 1.165) is 11.9 Å². The second kappa shape index (κ2) is 9.26. The molecule has 3 rings (SSSR count). The minimum absolute atomic E-state index is 0.0802. The lowest BCUT2D eigenvalue weighted by Crippen LogP contribution is -2.30. The molecule has 158 valence electrons. The fraction of sp³-hybridized carbons (Fsp3) is 0.105. The standard InChI is InChI=1S/C19H17N7O5/c1-2-12-7-3-5-9-14(12)22-17-16(26(30)31)18(21-11-20-17)23-24-19(27)13-8-4-6-10-15(13)25(28)29/h3-11H,2H2,1H3,(H,24,27)(H2,20,21,22,23). The number of nitrogens with one attached hydrogen (secondary N) is 3. The summed E-state index contributed by atoms with van der Waals surface area (Å²) in [5, 5.41) is 25.7. The Bertz CT molecular complexity index is 1150. The van der Waals surface area contributed by atoms with E-state index in [1.54, 1.807) is 12.1 Å². The normalized spacial score (nSPS) is 10.2. The minimum atomic E-state index is -0.856. The first-order valence-corrected chi connectivity index (χ1v) is 9.06. The van der Waals surface area contributed by atoms with Gasteiger partial charge in [0.25, 0.3) is 11.6 Å². The number of hydrogen-bond acceptors (Lipinski definition) is 9. The van der Waals surface area contributed by atoms with Crippen LogP contribution in [-0.4, -0.2) is 25.7 Å². The molecule has 0 unspecified atom stereocenters. The van der Waals surface area contributed by atoms with Crippen molar-refractivity contribution in [3.8, 4) is 0 Å². The third-order valence-corrected chi connectivity index (χ3v) is 4.30. The van der Waals surface area contributed by atoms with E-state index in [0.29, 0.717) is 12.1 Å². The maximum Gasteiger partial charge on any atom is 0.355 e. The molecule has 3 aromatic rings. The Morgan fingerprint density at radius 1 is 0.968 bits per heavy atom. The topological polar surface area (TPSA) is 165 Å². The van der Waals surface area contributed by atoms with Gasteiger partial charge in [0.15, 0.2) is 0 Å². The Hall–Kier alpha value is -4.61. The second-order valence-corrected chi connectivity index (χ2v) is 6.17. The number of aryl methyl sites for hydroxylation is 1. The Morgan fingerprint density at radius 3 is 2.35 bits per heavy atom. The number of benzene rings is 2. The van der Waals surface area contributed by atoms with E-state index in [1.807, 2.05) is 19.1 Å². The molecule has 0 saturated heterocycles. The van der Waals surface area contributed by atoms with Crippen molar-refractivity contribution in [1.29, 1.82) is 0 Å². The summed E-state index contributed by atoms with van der Waals surface area (Å²) in [7, 11) is 0. The predicted octanol–water partition coefficient (Wildman–Crippen LogP) is 3.36. The van der Waals surface area contributed by atoms with Crippen LogP contribution in [-0.2, 0) is 6.42 Å². The predicted molar refractivity (Wildman–Crippen MR) is 112 cm³/mol. The van der Waals surface area contributed by atoms with Crippen LogP contribution in [0.5, 0.6) is 0 Å². The minimum Gasteiger partial charge on any atom is -0.334 e. The molecule has 0 aliphatic carbocycles. The summed E-state index contributed by atoms with van der Waals surface area (Å²) in [5.41, 5.74) is 5.00. The molecule has 0 bridgehead atoms. The lowest BCUT2D eigenvalue weighted by Gasteiger charge is -2.12. The number of nitro benzene ring substituents is 1. The molecule has 2 aromatic carbocycles. The van der Waals surface area contributed by atoms with E-state index in [1.165, 1.54) is 24.3 Å². The smallest absolute Gasteiger partial charge is 0.334 e. The zero-order valence-electron chi connectivity index (χ0n) is 16.2. The van der Waals surface area contributed by atoms with Gasteiger partial charge in [0, 0.05) is 11.8 Å². The summed E-state index contributed by atoms with van der Waals surface area (Å²) in [6.45, 7) is 1.94. The van der Waals surface area contributed by atoms with Crippen LogP contribution in [0.15, 0.2) is 54.9 Å². The number of hydrazine groups is 1. The maximum absolute atomic E-state index is 12.4. The Balaban J connectivity index is 1.87. The van der Waals surface area contributed by atoms with Gasteiger partial charge in [-0.15, -0.1) is 0 Å². The van der Waals surface area contributed by atoms with Gasteiger partial charge in [-0.25, -0.2) is 9.97 Å². The van der Waals surface area contributed by atoms with Gasteiger partial charge in [-0.2, -0.15) is 0 Å². The van der Waals surface area contributed by atoms with E-state index in [-0.39, 0.29) is 17.2 Å². The molecule has 1 heterocycles. The van der Waals surface area contributed by atoms with Crippen molar-refractivity contribution in [2.24, 2.45) is 0 Å². The highest BCUT2D eigenvalue weighted by Gasteiger charge is 2.25. The fourth-order valence-corrected chi connectivity index (χ4v) is 2.82. The van der Waals surface area contributed by atoms with E-state index >= 15 is 0 Å². The number of nitrogens with zero attached hydrogens (tertiary/aromatic N) is 4. The first kappa shape index (κ1) is 21.1. The number of hydrogen-bond donors (Lipinski definition) is 3. The summed E-state index contributed by atoms with van der Waals surface area (Å²) >= 11 is 0. The highest BCUT2D eigenvalue weighted by atomic mass is 16.6. The van der Waals surface area contributed by atoms with E-state index in [4.69, 9.17) is 0 Å². The van der Waals surface area contributed by atoms with Crippen molar-refractivity contribution >= 4 is 34.6 Å². The zero-order chi connectivity index (χ0) is 22.4. The van der Waals surface area contributed by atoms with Crippen LogP contribution in [0, 0.1) is 20.2 Å². The van der Waals surface area contributed by atoms with Crippen LogP contribution in [0.3, 0.4) is 0 Å². The van der Waals surface area contributed by atoms with Crippen LogP contribution < -0.4 is 16.2 Å². The number of amides is 1. The lowest BCUT2D eigenvalue weighted by atomic mass is 10.1. The van der Waals surface area contributed by atoms with Gasteiger partial charge in [-0.3, -0.25) is 35.9 Å². The quantitative estimate of drug-likeness (QED) is 0.364. The van der Waals surface area contributed by atoms with Crippen molar-refractivity contribution in [2.75, 3.05) is 10.7 Å². The Morgan fingerprint density at radius 2 is 1.65 bits per heavy atom. The van der Waals surface area contributed by atoms with E-state index in [2.05, 4.69) is 26.1 Å². The molecule has 0 saturated carbocycles. The SMILES string of the molecule is CCc1ccccc1Nc1ncnc(NNC(=O)c2ccccc2[N+](=O)[O-])c1[N+](=O)[O-]. The third kappa shape index (κ3) is 4.70. The molecule has 12 heteroatoms. The van der Waals surface area contributed by atoms with Crippen LogP contribution in [0.4, 0.5) is 28.7 Å². The number of carbonyl (C=O) groups excluding carboxylic acids is 1. The van der Waals surface area contributed by atoms with Crippen molar-refractivity contribution < 1.29 is 14.6 Å². The third-order valence-electron chi connectivity index (χ3n) is 4.30. The molecule has 3 N–H and O–H groups in total. The maximum atomic E-state index is 12.4. The van der Waals surface area contributed by atoms with E-state index in [9.17, 15) is 25.0 Å². The lowest BCUT2D eigenvalue weighted by molar-refractivity contribution is -0.385. The largest absolute Gasteiger partial charge is 0.355 e. The summed E-state index contributed by atoms with van der Waals surface area (Å²) in [6, 6.07) is 12.6. The number of para-hydroxylation sites is 2. The van der Waals surface area contributed by atoms with Crippen molar-refractivity contribution in [3.05, 3.63) is 86.2 Å². The molecular formula is C19H17N7O5. The van der Waals surface area contributed by atoms with Crippen LogP contribution >= 0.6 is 0 Å². The van der Waals surface area contributed by atoms with Gasteiger partial charge in [-0.05, 0) is 24.1 Å². The first-order chi connectivity index (χ1) is 14.9. The fourth-order valence-electron chi connectivity index (χ4n) is 2.82. The molecule has 0 radical (unpaired) electrons. The number of anilines is 3. The molecule has 0 fully saturated rings.